The Morgan fingerprint density at radius 3 is 2.33 bits per heavy atom. The minimum absolute atomic E-state index is 0.0697. The van der Waals surface area contributed by atoms with Gasteiger partial charge in [0.15, 0.2) is 0 Å². The van der Waals surface area contributed by atoms with Gasteiger partial charge in [-0.05, 0) is 48.9 Å². The molecule has 1 aliphatic rings. The van der Waals surface area contributed by atoms with Gasteiger partial charge in [0.05, 0.1) is 12.7 Å². The van der Waals surface area contributed by atoms with E-state index in [9.17, 15) is 29.4 Å². The van der Waals surface area contributed by atoms with Crippen LogP contribution in [0.15, 0.2) is 54.6 Å². The predicted molar refractivity (Wildman–Crippen MR) is 171 cm³/mol. The molecule has 0 saturated carbocycles. The van der Waals surface area contributed by atoms with Crippen LogP contribution in [0.1, 0.15) is 59.2 Å². The highest BCUT2D eigenvalue weighted by atomic mass is 16.7. The number of hydrogen-bond donors (Lipinski definition) is 3. The third kappa shape index (κ3) is 6.91. The molecule has 0 spiro atoms. The van der Waals surface area contributed by atoms with Crippen LogP contribution in [-0.2, 0) is 9.59 Å². The molecule has 3 N–H and O–H groups in total. The third-order valence-electron chi connectivity index (χ3n) is 8.19. The first-order valence-corrected chi connectivity index (χ1v) is 15.3. The average molecular weight is 631 g/mol. The fourth-order valence-corrected chi connectivity index (χ4v) is 5.72. The van der Waals surface area contributed by atoms with E-state index in [1.165, 1.54) is 17.0 Å². The largest absolute Gasteiger partial charge is 0.496 e. The number of rotatable bonds is 15. The number of aromatic hydroxyl groups is 2. The van der Waals surface area contributed by atoms with Gasteiger partial charge in [-0.2, -0.15) is 0 Å². The van der Waals surface area contributed by atoms with Crippen LogP contribution in [-0.4, -0.2) is 88.8 Å². The van der Waals surface area contributed by atoms with E-state index in [-0.39, 0.29) is 42.4 Å². The zero-order valence-electron chi connectivity index (χ0n) is 26.0. The Kier molecular flexibility index (Phi) is 10.1. The number of fused-ring (bicyclic) bond motifs is 2. The Bertz CT molecular complexity index is 1760. The van der Waals surface area contributed by atoms with Crippen LogP contribution in [0.5, 0.6) is 17.5 Å². The Morgan fingerprint density at radius 1 is 0.870 bits per heavy atom. The highest BCUT2D eigenvalue weighted by Crippen LogP contribution is 2.39. The number of hydrogen-bond acceptors (Lipinski definition) is 9. The number of likely N-dealkylation sites (N-methyl/N-ethyl adjacent to an activating group) is 1. The number of carbonyl (C=O) groups excluding carboxylic acids is 4. The molecule has 12 nitrogen and oxygen atoms in total. The number of benzene rings is 3. The van der Waals surface area contributed by atoms with Crippen LogP contribution in [0.3, 0.4) is 0 Å². The first-order valence-electron chi connectivity index (χ1n) is 15.3. The quantitative estimate of drug-likeness (QED) is 0.101. The summed E-state index contributed by atoms with van der Waals surface area (Å²) in [5.74, 6) is -1.43. The predicted octanol–water partition coefficient (Wildman–Crippen LogP) is 3.85. The number of unbranched alkanes of at least 4 members (excludes halogenated alkanes) is 3. The van der Waals surface area contributed by atoms with Gasteiger partial charge in [0, 0.05) is 67.5 Å². The molecule has 12 heteroatoms. The number of ether oxygens (including phenoxy) is 1. The van der Waals surface area contributed by atoms with Gasteiger partial charge in [-0.15, -0.1) is 4.73 Å². The van der Waals surface area contributed by atoms with E-state index in [2.05, 4.69) is 5.32 Å². The molecule has 3 aromatic carbocycles. The molecule has 2 heterocycles. The number of imide groups is 1. The third-order valence-corrected chi connectivity index (χ3v) is 8.19. The van der Waals surface area contributed by atoms with Crippen molar-refractivity contribution in [2.75, 3.05) is 40.3 Å². The van der Waals surface area contributed by atoms with E-state index >= 15 is 0 Å². The monoisotopic (exact) mass is 630 g/mol. The van der Waals surface area contributed by atoms with Crippen LogP contribution in [0.25, 0.3) is 21.5 Å². The van der Waals surface area contributed by atoms with Gasteiger partial charge in [0.25, 0.3) is 11.8 Å². The van der Waals surface area contributed by atoms with E-state index in [1.807, 2.05) is 42.3 Å². The van der Waals surface area contributed by atoms with Gasteiger partial charge >= 0.3 is 5.97 Å². The van der Waals surface area contributed by atoms with Gasteiger partial charge in [-0.3, -0.25) is 19.3 Å². The van der Waals surface area contributed by atoms with Crippen molar-refractivity contribution in [1.82, 2.24) is 19.8 Å². The van der Waals surface area contributed by atoms with E-state index in [0.29, 0.717) is 65.9 Å². The minimum atomic E-state index is -0.575. The van der Waals surface area contributed by atoms with Crippen LogP contribution in [0, 0.1) is 0 Å². The molecule has 0 radical (unpaired) electrons. The smallest absolute Gasteiger partial charge is 0.333 e. The van der Waals surface area contributed by atoms with E-state index in [1.54, 1.807) is 19.2 Å². The number of methoxy groups -OCH3 is 1. The van der Waals surface area contributed by atoms with Crippen molar-refractivity contribution in [1.29, 1.82) is 0 Å². The molecule has 0 saturated heterocycles. The van der Waals surface area contributed by atoms with Crippen molar-refractivity contribution < 1.29 is 39.0 Å². The maximum atomic E-state index is 13.8. The molecule has 3 amide bonds. The van der Waals surface area contributed by atoms with Gasteiger partial charge in [-0.1, -0.05) is 37.1 Å². The fraction of sp³-hybridized carbons (Fsp3) is 0.353. The summed E-state index contributed by atoms with van der Waals surface area (Å²) in [5, 5.41) is 25.0. The van der Waals surface area contributed by atoms with Gasteiger partial charge in [-0.25, -0.2) is 4.79 Å². The maximum Gasteiger partial charge on any atom is 0.333 e. The Hall–Kier alpha value is -5.10. The molecule has 1 aromatic heterocycles. The van der Waals surface area contributed by atoms with Crippen LogP contribution < -0.4 is 14.9 Å². The summed E-state index contributed by atoms with van der Waals surface area (Å²) in [6.07, 6.45) is 3.20. The Labute approximate surface area is 266 Å². The van der Waals surface area contributed by atoms with Crippen molar-refractivity contribution in [2.45, 2.75) is 38.5 Å². The maximum absolute atomic E-state index is 13.8. The fourth-order valence-electron chi connectivity index (χ4n) is 5.72. The van der Waals surface area contributed by atoms with E-state index in [0.717, 1.165) is 29.0 Å². The molecule has 1 aliphatic heterocycles. The first-order chi connectivity index (χ1) is 22.2. The highest BCUT2D eigenvalue weighted by molar-refractivity contribution is 6.31. The molecule has 242 valence electrons. The Morgan fingerprint density at radius 2 is 1.59 bits per heavy atom. The van der Waals surface area contributed by atoms with Crippen molar-refractivity contribution in [2.24, 2.45) is 0 Å². The lowest BCUT2D eigenvalue weighted by molar-refractivity contribution is -0.145. The molecular formula is C34H38N4O8. The van der Waals surface area contributed by atoms with Crippen LogP contribution >= 0.6 is 0 Å². The second-order valence-corrected chi connectivity index (χ2v) is 11.3. The number of carbonyl (C=O) groups is 4. The van der Waals surface area contributed by atoms with Crippen molar-refractivity contribution in [3.8, 4) is 17.5 Å². The van der Waals surface area contributed by atoms with Gasteiger partial charge < -0.3 is 30.0 Å². The molecular weight excluding hydrogens is 592 g/mol. The van der Waals surface area contributed by atoms with E-state index in [4.69, 9.17) is 9.57 Å². The molecule has 46 heavy (non-hydrogen) atoms. The number of nitrogens with zero attached hydrogens (tertiary/aromatic N) is 3. The standard InChI is InChI=1S/C34H38N4O8/c1-36(18-17-35-27(39)11-5-3-4-6-12-30(42)46-38-28(40)15-16-29(38)41)19-20-37-33(43)24-13-14-26(45-2)25-21-22-9-7-8-10-23(22)32(31(24)25)34(37)44/h7-10,13-16,21,40-41H,3-6,11-12,17-20H2,1-2H3,(H,35,39). The summed E-state index contributed by atoms with van der Waals surface area (Å²) >= 11 is 0. The summed E-state index contributed by atoms with van der Waals surface area (Å²) in [6, 6.07) is 15.5. The lowest BCUT2D eigenvalue weighted by Gasteiger charge is -2.30. The zero-order chi connectivity index (χ0) is 32.8. The van der Waals surface area contributed by atoms with Crippen molar-refractivity contribution in [3.05, 3.63) is 65.7 Å². The first kappa shape index (κ1) is 32.3. The van der Waals surface area contributed by atoms with Crippen molar-refractivity contribution in [3.63, 3.8) is 0 Å². The summed E-state index contributed by atoms with van der Waals surface area (Å²) in [5.41, 5.74) is 0.984. The molecule has 0 aliphatic carbocycles. The molecule has 0 atom stereocenters. The molecule has 0 fully saturated rings. The highest BCUT2D eigenvalue weighted by Gasteiger charge is 2.35. The summed E-state index contributed by atoms with van der Waals surface area (Å²) in [7, 11) is 3.45. The average Bonchev–Trinajstić information content (AvgIpc) is 3.36. The second-order valence-electron chi connectivity index (χ2n) is 11.3. The van der Waals surface area contributed by atoms with Crippen LogP contribution in [0.4, 0.5) is 0 Å². The van der Waals surface area contributed by atoms with Crippen LogP contribution in [0.2, 0.25) is 0 Å². The SMILES string of the molecule is COc1ccc2c3c(c4ccccc4cc13)C(=O)N(CCN(C)CCNC(=O)CCCCCCC(=O)On1c(O)ccc1O)C2=O. The lowest BCUT2D eigenvalue weighted by atomic mass is 9.89. The minimum Gasteiger partial charge on any atom is -0.496 e. The summed E-state index contributed by atoms with van der Waals surface area (Å²) in [6.45, 7) is 1.62. The molecule has 0 unspecified atom stereocenters. The van der Waals surface area contributed by atoms with Gasteiger partial charge in [0.1, 0.15) is 5.75 Å². The van der Waals surface area contributed by atoms with Crippen molar-refractivity contribution >= 4 is 45.2 Å². The van der Waals surface area contributed by atoms with E-state index < -0.39 is 5.97 Å². The number of nitrogens with one attached hydrogen (secondary N) is 1. The number of amides is 3. The lowest BCUT2D eigenvalue weighted by Crippen LogP contribution is -2.45. The molecule has 5 rings (SSSR count). The normalized spacial score (nSPS) is 12.7. The molecule has 0 bridgehead atoms. The Balaban J connectivity index is 1.04. The topological polar surface area (TPSA) is 151 Å². The summed E-state index contributed by atoms with van der Waals surface area (Å²) in [4.78, 5) is 59.6. The summed E-state index contributed by atoms with van der Waals surface area (Å²) < 4.78 is 6.21. The van der Waals surface area contributed by atoms with Gasteiger partial charge in [0.2, 0.25) is 17.7 Å². The zero-order valence-corrected chi connectivity index (χ0v) is 26.0. The second kappa shape index (κ2) is 14.3. The molecule has 4 aromatic rings. The number of aromatic nitrogens is 1.